The summed E-state index contributed by atoms with van der Waals surface area (Å²) in [6.45, 7) is 1.67. The van der Waals surface area contributed by atoms with Gasteiger partial charge in [0.2, 0.25) is 0 Å². The minimum absolute atomic E-state index is 0.167. The van der Waals surface area contributed by atoms with Crippen molar-refractivity contribution in [2.45, 2.75) is 6.92 Å². The molecule has 148 valence electrons. The van der Waals surface area contributed by atoms with E-state index in [1.54, 1.807) is 66.7 Å². The molecule has 3 aromatic rings. The third-order valence-corrected chi connectivity index (χ3v) is 4.76. The van der Waals surface area contributed by atoms with Gasteiger partial charge >= 0.3 is 0 Å². The number of amides is 2. The van der Waals surface area contributed by atoms with Gasteiger partial charge in [0.05, 0.1) is 0 Å². The quantitative estimate of drug-likeness (QED) is 0.538. The van der Waals surface area contributed by atoms with Crippen LogP contribution in [-0.2, 0) is 4.79 Å². The maximum atomic E-state index is 12.4. The molecule has 3 aromatic carbocycles. The number of nitrogens with one attached hydrogen (secondary N) is 2. The monoisotopic (exact) mass is 428 g/mol. The van der Waals surface area contributed by atoms with Crippen LogP contribution in [0.25, 0.3) is 0 Å². The Hall–Kier alpha value is -3.02. The molecule has 2 amide bonds. The van der Waals surface area contributed by atoms with Crippen LogP contribution in [0.15, 0.2) is 66.7 Å². The molecule has 0 aliphatic rings. The lowest BCUT2D eigenvalue weighted by Crippen LogP contribution is -2.20. The van der Waals surface area contributed by atoms with Gasteiger partial charge in [-0.3, -0.25) is 9.59 Å². The van der Waals surface area contributed by atoms with Gasteiger partial charge in [-0.05, 0) is 67.1 Å². The van der Waals surface area contributed by atoms with Crippen molar-refractivity contribution in [1.29, 1.82) is 0 Å². The highest BCUT2D eigenvalue weighted by atomic mass is 35.5. The van der Waals surface area contributed by atoms with Crippen LogP contribution in [0.5, 0.6) is 5.75 Å². The molecule has 7 heteroatoms. The highest BCUT2D eigenvalue weighted by molar-refractivity contribution is 6.32. The van der Waals surface area contributed by atoms with Crippen LogP contribution in [0.1, 0.15) is 15.9 Å². The molecule has 29 heavy (non-hydrogen) atoms. The summed E-state index contributed by atoms with van der Waals surface area (Å²) in [6.07, 6.45) is 0. The molecule has 3 rings (SSSR count). The van der Waals surface area contributed by atoms with E-state index in [1.165, 1.54) is 0 Å². The molecule has 0 aromatic heterocycles. The number of rotatable bonds is 6. The summed E-state index contributed by atoms with van der Waals surface area (Å²) in [5.41, 5.74) is 2.50. The minimum Gasteiger partial charge on any atom is -0.484 e. The Morgan fingerprint density at radius 3 is 2.38 bits per heavy atom. The fraction of sp³-hybridized carbons (Fsp3) is 0.0909. The van der Waals surface area contributed by atoms with Crippen molar-refractivity contribution < 1.29 is 14.3 Å². The summed E-state index contributed by atoms with van der Waals surface area (Å²) < 4.78 is 5.46. The lowest BCUT2D eigenvalue weighted by molar-refractivity contribution is -0.118. The van der Waals surface area contributed by atoms with E-state index < -0.39 is 0 Å². The first-order valence-electron chi connectivity index (χ1n) is 8.77. The maximum absolute atomic E-state index is 12.4. The maximum Gasteiger partial charge on any atom is 0.262 e. The summed E-state index contributed by atoms with van der Waals surface area (Å²) in [5.74, 6) is -0.104. The molecule has 0 unspecified atom stereocenters. The van der Waals surface area contributed by atoms with Crippen molar-refractivity contribution in [3.63, 3.8) is 0 Å². The summed E-state index contributed by atoms with van der Waals surface area (Å²) in [7, 11) is 0. The fourth-order valence-corrected chi connectivity index (χ4v) is 2.92. The highest BCUT2D eigenvalue weighted by Crippen LogP contribution is 2.23. The molecule has 0 saturated heterocycles. The highest BCUT2D eigenvalue weighted by Gasteiger charge is 2.10. The molecular weight excluding hydrogens is 411 g/mol. The van der Waals surface area contributed by atoms with Crippen LogP contribution in [0.3, 0.4) is 0 Å². The second-order valence-corrected chi connectivity index (χ2v) is 7.08. The predicted molar refractivity (Wildman–Crippen MR) is 116 cm³/mol. The Balaban J connectivity index is 1.55. The first-order valence-corrected chi connectivity index (χ1v) is 9.53. The summed E-state index contributed by atoms with van der Waals surface area (Å²) in [4.78, 5) is 24.4. The Morgan fingerprint density at radius 1 is 0.931 bits per heavy atom. The van der Waals surface area contributed by atoms with Gasteiger partial charge in [0.1, 0.15) is 5.75 Å². The predicted octanol–water partition coefficient (Wildman–Crippen LogP) is 5.57. The normalized spacial score (nSPS) is 10.3. The zero-order chi connectivity index (χ0) is 20.8. The molecule has 0 atom stereocenters. The molecule has 0 aliphatic heterocycles. The Bertz CT molecular complexity index is 1040. The Labute approximate surface area is 178 Å². The van der Waals surface area contributed by atoms with Crippen molar-refractivity contribution >= 4 is 46.4 Å². The van der Waals surface area contributed by atoms with Crippen molar-refractivity contribution in [3.8, 4) is 5.75 Å². The topological polar surface area (TPSA) is 67.4 Å². The molecule has 0 spiro atoms. The average molecular weight is 429 g/mol. The van der Waals surface area contributed by atoms with E-state index >= 15 is 0 Å². The second kappa shape index (κ2) is 9.45. The zero-order valence-corrected chi connectivity index (χ0v) is 17.1. The number of hydrogen-bond acceptors (Lipinski definition) is 3. The molecule has 0 fully saturated rings. The van der Waals surface area contributed by atoms with E-state index in [0.717, 1.165) is 5.56 Å². The second-order valence-electron chi connectivity index (χ2n) is 6.24. The third-order valence-electron chi connectivity index (χ3n) is 4.11. The van der Waals surface area contributed by atoms with E-state index in [0.29, 0.717) is 32.7 Å². The van der Waals surface area contributed by atoms with Crippen LogP contribution < -0.4 is 15.4 Å². The zero-order valence-electron chi connectivity index (χ0n) is 15.5. The van der Waals surface area contributed by atoms with E-state index in [1.807, 2.05) is 6.92 Å². The van der Waals surface area contributed by atoms with Gasteiger partial charge in [-0.25, -0.2) is 0 Å². The molecule has 0 radical (unpaired) electrons. The van der Waals surface area contributed by atoms with Gasteiger partial charge in [0.15, 0.2) is 6.61 Å². The van der Waals surface area contributed by atoms with Crippen molar-refractivity contribution in [3.05, 3.63) is 87.9 Å². The SMILES string of the molecule is Cc1c(Cl)cccc1NC(=O)c1ccc(OCC(=O)Nc2cccc(Cl)c2)cc1. The van der Waals surface area contributed by atoms with Crippen molar-refractivity contribution in [1.82, 2.24) is 0 Å². The Morgan fingerprint density at radius 2 is 1.66 bits per heavy atom. The van der Waals surface area contributed by atoms with Crippen LogP contribution in [0.4, 0.5) is 11.4 Å². The molecule has 0 aliphatic carbocycles. The Kier molecular flexibility index (Phi) is 6.75. The molecule has 2 N–H and O–H groups in total. The number of carbonyl (C=O) groups is 2. The van der Waals surface area contributed by atoms with Crippen molar-refractivity contribution in [2.24, 2.45) is 0 Å². The average Bonchev–Trinajstić information content (AvgIpc) is 2.70. The van der Waals surface area contributed by atoms with Gasteiger partial charge in [0, 0.05) is 27.0 Å². The van der Waals surface area contributed by atoms with Gasteiger partial charge in [0.25, 0.3) is 11.8 Å². The van der Waals surface area contributed by atoms with Crippen molar-refractivity contribution in [2.75, 3.05) is 17.2 Å². The van der Waals surface area contributed by atoms with Gasteiger partial charge in [-0.1, -0.05) is 35.3 Å². The van der Waals surface area contributed by atoms with Gasteiger partial charge < -0.3 is 15.4 Å². The largest absolute Gasteiger partial charge is 0.484 e. The first-order chi connectivity index (χ1) is 13.9. The van der Waals surface area contributed by atoms with Crippen LogP contribution in [-0.4, -0.2) is 18.4 Å². The number of anilines is 2. The smallest absolute Gasteiger partial charge is 0.262 e. The molecule has 0 heterocycles. The number of hydrogen-bond donors (Lipinski definition) is 2. The number of benzene rings is 3. The van der Waals surface area contributed by atoms with Crippen LogP contribution in [0.2, 0.25) is 10.0 Å². The lowest BCUT2D eigenvalue weighted by atomic mass is 10.1. The van der Waals surface area contributed by atoms with Gasteiger partial charge in [-0.2, -0.15) is 0 Å². The first kappa shape index (κ1) is 20.7. The van der Waals surface area contributed by atoms with Crippen LogP contribution in [0, 0.1) is 6.92 Å². The third kappa shape index (κ3) is 5.73. The van der Waals surface area contributed by atoms with Gasteiger partial charge in [-0.15, -0.1) is 0 Å². The molecule has 0 saturated carbocycles. The van der Waals surface area contributed by atoms with E-state index in [2.05, 4.69) is 10.6 Å². The summed E-state index contributed by atoms with van der Waals surface area (Å²) >= 11 is 12.0. The molecule has 0 bridgehead atoms. The minimum atomic E-state index is -0.314. The number of ether oxygens (including phenoxy) is 1. The standard InChI is InChI=1S/C22H18Cl2N2O3/c1-14-19(24)6-3-7-20(14)26-22(28)15-8-10-18(11-9-15)29-13-21(27)25-17-5-2-4-16(23)12-17/h2-12H,13H2,1H3,(H,25,27)(H,26,28). The van der Waals surface area contributed by atoms with E-state index in [-0.39, 0.29) is 18.4 Å². The summed E-state index contributed by atoms with van der Waals surface area (Å²) in [5, 5.41) is 6.64. The number of halogens is 2. The molecule has 5 nitrogen and oxygen atoms in total. The van der Waals surface area contributed by atoms with E-state index in [9.17, 15) is 9.59 Å². The number of carbonyl (C=O) groups excluding carboxylic acids is 2. The summed E-state index contributed by atoms with van der Waals surface area (Å²) in [6, 6.07) is 18.7. The van der Waals surface area contributed by atoms with Crippen LogP contribution >= 0.6 is 23.2 Å². The lowest BCUT2D eigenvalue weighted by Gasteiger charge is -2.10. The fourth-order valence-electron chi connectivity index (χ4n) is 2.55. The van der Waals surface area contributed by atoms with E-state index in [4.69, 9.17) is 27.9 Å². The molecular formula is C22H18Cl2N2O3.